The topological polar surface area (TPSA) is 6.48 Å². The van der Waals surface area contributed by atoms with Crippen molar-refractivity contribution in [2.45, 2.75) is 38.6 Å². The summed E-state index contributed by atoms with van der Waals surface area (Å²) in [7, 11) is 0. The summed E-state index contributed by atoms with van der Waals surface area (Å²) < 4.78 is 13.6. The van der Waals surface area contributed by atoms with E-state index in [1.807, 2.05) is 6.07 Å². The lowest BCUT2D eigenvalue weighted by Crippen LogP contribution is -2.35. The summed E-state index contributed by atoms with van der Waals surface area (Å²) in [6.07, 6.45) is 4.76. The van der Waals surface area contributed by atoms with E-state index in [1.54, 1.807) is 12.1 Å². The minimum Gasteiger partial charge on any atom is -0.302 e. The normalized spacial score (nSPS) is 25.2. The van der Waals surface area contributed by atoms with Crippen LogP contribution in [0.2, 0.25) is 0 Å². The highest BCUT2D eigenvalue weighted by atomic mass is 19.1. The maximum Gasteiger partial charge on any atom is 0.123 e. The van der Waals surface area contributed by atoms with Gasteiger partial charge >= 0.3 is 0 Å². The van der Waals surface area contributed by atoms with E-state index in [4.69, 9.17) is 0 Å². The van der Waals surface area contributed by atoms with Crippen LogP contribution in [0.5, 0.6) is 0 Å². The summed E-state index contributed by atoms with van der Waals surface area (Å²) in [6, 6.07) is 5.82. The first-order valence-corrected chi connectivity index (χ1v) is 8.02. The molecule has 0 saturated carbocycles. The van der Waals surface area contributed by atoms with Crippen LogP contribution in [0.4, 0.5) is 4.39 Å². The van der Waals surface area contributed by atoms with Crippen molar-refractivity contribution in [3.63, 3.8) is 0 Å². The van der Waals surface area contributed by atoms with Gasteiger partial charge in [0.2, 0.25) is 0 Å². The lowest BCUT2D eigenvalue weighted by Gasteiger charge is -2.35. The highest BCUT2D eigenvalue weighted by molar-refractivity contribution is 5.33. The van der Waals surface area contributed by atoms with Crippen molar-refractivity contribution in [3.05, 3.63) is 35.1 Å². The third kappa shape index (κ3) is 2.89. The lowest BCUT2D eigenvalue weighted by molar-refractivity contribution is 0.182. The van der Waals surface area contributed by atoms with E-state index in [9.17, 15) is 4.39 Å². The maximum atomic E-state index is 13.6. The number of benzene rings is 1. The van der Waals surface area contributed by atoms with Crippen molar-refractivity contribution in [2.24, 2.45) is 0 Å². The Hall–Kier alpha value is -0.930. The van der Waals surface area contributed by atoms with Gasteiger partial charge in [0.15, 0.2) is 0 Å². The minimum absolute atomic E-state index is 0.0827. The van der Waals surface area contributed by atoms with Gasteiger partial charge < -0.3 is 4.90 Å². The van der Waals surface area contributed by atoms with Gasteiger partial charge in [-0.15, -0.1) is 0 Å². The molecular formula is C17H25FN2. The fourth-order valence-corrected chi connectivity index (χ4v) is 3.74. The van der Waals surface area contributed by atoms with E-state index >= 15 is 0 Å². The molecule has 0 N–H and O–H groups in total. The lowest BCUT2D eigenvalue weighted by atomic mass is 9.86. The van der Waals surface area contributed by atoms with Gasteiger partial charge in [-0.3, -0.25) is 4.90 Å². The van der Waals surface area contributed by atoms with Crippen molar-refractivity contribution in [1.29, 1.82) is 0 Å². The van der Waals surface area contributed by atoms with Crippen molar-refractivity contribution < 1.29 is 4.39 Å². The molecular weight excluding hydrogens is 251 g/mol. The summed E-state index contributed by atoms with van der Waals surface area (Å²) in [5.74, 6) is -0.0827. The fourth-order valence-electron chi connectivity index (χ4n) is 3.74. The highest BCUT2D eigenvalue weighted by Gasteiger charge is 2.27. The van der Waals surface area contributed by atoms with Gasteiger partial charge in [0.05, 0.1) is 0 Å². The summed E-state index contributed by atoms with van der Waals surface area (Å²) >= 11 is 0. The van der Waals surface area contributed by atoms with Crippen molar-refractivity contribution >= 4 is 0 Å². The van der Waals surface area contributed by atoms with Gasteiger partial charge in [-0.05, 0) is 62.0 Å². The maximum absolute atomic E-state index is 13.6. The minimum atomic E-state index is -0.0827. The quantitative estimate of drug-likeness (QED) is 0.818. The summed E-state index contributed by atoms with van der Waals surface area (Å²) in [6.45, 7) is 8.00. The Morgan fingerprint density at radius 2 is 2.05 bits per heavy atom. The predicted octanol–water partition coefficient (Wildman–Crippen LogP) is 3.23. The molecule has 110 valence electrons. The van der Waals surface area contributed by atoms with E-state index < -0.39 is 0 Å². The number of hydrogen-bond acceptors (Lipinski definition) is 2. The smallest absolute Gasteiger partial charge is 0.123 e. The Kier molecular flexibility index (Phi) is 4.37. The monoisotopic (exact) mass is 276 g/mol. The van der Waals surface area contributed by atoms with Crippen LogP contribution in [0.1, 0.15) is 43.4 Å². The molecule has 1 atom stereocenters. The van der Waals surface area contributed by atoms with Gasteiger partial charge in [-0.1, -0.05) is 13.0 Å². The second-order valence-electron chi connectivity index (χ2n) is 6.07. The molecule has 1 aromatic rings. The molecule has 2 nitrogen and oxygen atoms in total. The molecule has 2 aliphatic rings. The molecule has 1 heterocycles. The number of hydrogen-bond donors (Lipinski definition) is 0. The largest absolute Gasteiger partial charge is 0.302 e. The van der Waals surface area contributed by atoms with E-state index in [0.717, 1.165) is 32.6 Å². The average Bonchev–Trinajstić information content (AvgIpc) is 2.72. The van der Waals surface area contributed by atoms with Crippen molar-refractivity contribution in [3.8, 4) is 0 Å². The molecule has 1 fully saturated rings. The van der Waals surface area contributed by atoms with Gasteiger partial charge in [-0.2, -0.15) is 0 Å². The molecule has 3 heteroatoms. The molecule has 20 heavy (non-hydrogen) atoms. The third-order valence-electron chi connectivity index (χ3n) is 4.90. The third-order valence-corrected chi connectivity index (χ3v) is 4.90. The summed E-state index contributed by atoms with van der Waals surface area (Å²) in [5, 5.41) is 0. The Labute approximate surface area is 121 Å². The van der Waals surface area contributed by atoms with Crippen LogP contribution in [0.3, 0.4) is 0 Å². The Morgan fingerprint density at radius 3 is 2.90 bits per heavy atom. The zero-order valence-corrected chi connectivity index (χ0v) is 12.4. The van der Waals surface area contributed by atoms with E-state index in [0.29, 0.717) is 6.04 Å². The zero-order chi connectivity index (χ0) is 13.9. The van der Waals surface area contributed by atoms with E-state index in [2.05, 4.69) is 16.7 Å². The molecule has 0 amide bonds. The van der Waals surface area contributed by atoms with Crippen LogP contribution in [0.25, 0.3) is 0 Å². The molecule has 0 bridgehead atoms. The first kappa shape index (κ1) is 14.0. The number of nitrogens with zero attached hydrogens (tertiary/aromatic N) is 2. The first-order valence-electron chi connectivity index (χ1n) is 8.02. The highest BCUT2D eigenvalue weighted by Crippen LogP contribution is 2.35. The van der Waals surface area contributed by atoms with Crippen molar-refractivity contribution in [1.82, 2.24) is 9.80 Å². The molecule has 0 aromatic heterocycles. The predicted molar refractivity (Wildman–Crippen MR) is 80.4 cm³/mol. The van der Waals surface area contributed by atoms with Gasteiger partial charge in [0.25, 0.3) is 0 Å². The Bertz CT molecular complexity index is 460. The number of halogens is 1. The van der Waals surface area contributed by atoms with Crippen LogP contribution in [0, 0.1) is 5.82 Å². The standard InChI is InChI=1S/C17H25FN2/c1-2-19-9-4-10-20(12-11-19)17-6-3-5-14-7-8-15(18)13-16(14)17/h7-8,13,17H,2-6,9-12H2,1H3. The Balaban J connectivity index is 1.79. The number of aryl methyl sites for hydroxylation is 1. The molecule has 1 unspecified atom stereocenters. The van der Waals surface area contributed by atoms with E-state index in [-0.39, 0.29) is 5.82 Å². The van der Waals surface area contributed by atoms with Gasteiger partial charge in [-0.25, -0.2) is 4.39 Å². The van der Waals surface area contributed by atoms with Crippen LogP contribution >= 0.6 is 0 Å². The summed E-state index contributed by atoms with van der Waals surface area (Å²) in [5.41, 5.74) is 2.61. The van der Waals surface area contributed by atoms with Crippen LogP contribution in [-0.4, -0.2) is 42.5 Å². The molecule has 0 spiro atoms. The van der Waals surface area contributed by atoms with Crippen LogP contribution in [-0.2, 0) is 6.42 Å². The SMILES string of the molecule is CCN1CCCN(C2CCCc3ccc(F)cc32)CC1. The van der Waals surface area contributed by atoms with Crippen LogP contribution < -0.4 is 0 Å². The second-order valence-corrected chi connectivity index (χ2v) is 6.07. The first-order chi connectivity index (χ1) is 9.78. The van der Waals surface area contributed by atoms with Crippen molar-refractivity contribution in [2.75, 3.05) is 32.7 Å². The van der Waals surface area contributed by atoms with Crippen LogP contribution in [0.15, 0.2) is 18.2 Å². The van der Waals surface area contributed by atoms with Gasteiger partial charge in [0.1, 0.15) is 5.82 Å². The molecule has 1 aromatic carbocycles. The molecule has 1 aliphatic carbocycles. The number of rotatable bonds is 2. The van der Waals surface area contributed by atoms with Gasteiger partial charge in [0, 0.05) is 25.7 Å². The zero-order valence-electron chi connectivity index (χ0n) is 12.4. The molecule has 1 aliphatic heterocycles. The fraction of sp³-hybridized carbons (Fsp3) is 0.647. The summed E-state index contributed by atoms with van der Waals surface area (Å²) in [4.78, 5) is 5.11. The Morgan fingerprint density at radius 1 is 1.15 bits per heavy atom. The molecule has 1 saturated heterocycles. The average molecular weight is 276 g/mol. The molecule has 0 radical (unpaired) electrons. The number of fused-ring (bicyclic) bond motifs is 1. The molecule has 3 rings (SSSR count). The number of likely N-dealkylation sites (N-methyl/N-ethyl adjacent to an activating group) is 1. The second kappa shape index (κ2) is 6.23. The van der Waals surface area contributed by atoms with E-state index in [1.165, 1.54) is 36.9 Å².